The number of halogens is 3. The third-order valence-electron chi connectivity index (χ3n) is 3.53. The molecule has 4 nitrogen and oxygen atoms in total. The molecular weight excluding hydrogens is 311 g/mol. The molecule has 2 aromatic rings. The summed E-state index contributed by atoms with van der Waals surface area (Å²) in [6.45, 7) is 2.22. The van der Waals surface area contributed by atoms with E-state index in [-0.39, 0.29) is 12.8 Å². The van der Waals surface area contributed by atoms with Crippen LogP contribution in [0.1, 0.15) is 23.1 Å². The van der Waals surface area contributed by atoms with E-state index in [0.717, 1.165) is 10.9 Å². The minimum atomic E-state index is -4.45. The van der Waals surface area contributed by atoms with Crippen molar-refractivity contribution in [2.75, 3.05) is 6.54 Å². The van der Waals surface area contributed by atoms with Crippen molar-refractivity contribution in [3.05, 3.63) is 45.3 Å². The summed E-state index contributed by atoms with van der Waals surface area (Å²) in [5.41, 5.74) is 1.82. The number of carbonyl (C=O) groups excluding carboxylic acids is 1. The van der Waals surface area contributed by atoms with Gasteiger partial charge in [0, 0.05) is 17.4 Å². The summed E-state index contributed by atoms with van der Waals surface area (Å²) >= 11 is 0. The van der Waals surface area contributed by atoms with Crippen LogP contribution in [-0.4, -0.2) is 18.6 Å². The minimum absolute atomic E-state index is 0.0294. The van der Waals surface area contributed by atoms with Gasteiger partial charge in [0.15, 0.2) is 0 Å². The maximum Gasteiger partial charge on any atom is 0.405 e. The molecular formula is C16H16F3NO3. The van der Waals surface area contributed by atoms with E-state index in [4.69, 9.17) is 4.42 Å². The molecule has 1 aromatic heterocycles. The number of alkyl halides is 3. The first-order chi connectivity index (χ1) is 10.7. The van der Waals surface area contributed by atoms with Crippen molar-refractivity contribution in [3.63, 3.8) is 0 Å². The number of benzene rings is 1. The van der Waals surface area contributed by atoms with Gasteiger partial charge in [-0.2, -0.15) is 13.2 Å². The standard InChI is InChI=1S/C16H16F3NO3/c1-9-3-4-11-10(2)12(15(22)23-13(11)7-9)5-6-14(21)20-8-16(17,18)19/h3-4,7H,5-6,8H2,1-2H3,(H,20,21). The summed E-state index contributed by atoms with van der Waals surface area (Å²) in [4.78, 5) is 23.5. The molecule has 1 aromatic carbocycles. The van der Waals surface area contributed by atoms with Crippen LogP contribution in [0.2, 0.25) is 0 Å². The molecule has 0 fully saturated rings. The van der Waals surface area contributed by atoms with E-state index in [1.807, 2.05) is 19.1 Å². The molecule has 0 radical (unpaired) electrons. The van der Waals surface area contributed by atoms with Crippen LogP contribution in [0.15, 0.2) is 27.4 Å². The third-order valence-corrected chi connectivity index (χ3v) is 3.53. The van der Waals surface area contributed by atoms with Crippen molar-refractivity contribution in [1.82, 2.24) is 5.32 Å². The second-order valence-electron chi connectivity index (χ2n) is 5.38. The van der Waals surface area contributed by atoms with Crippen molar-refractivity contribution >= 4 is 16.9 Å². The Morgan fingerprint density at radius 3 is 2.61 bits per heavy atom. The lowest BCUT2D eigenvalue weighted by atomic mass is 10.0. The molecule has 0 aliphatic rings. The van der Waals surface area contributed by atoms with Crippen LogP contribution >= 0.6 is 0 Å². The molecule has 0 saturated carbocycles. The summed E-state index contributed by atoms with van der Waals surface area (Å²) < 4.78 is 41.3. The van der Waals surface area contributed by atoms with Crippen molar-refractivity contribution in [2.24, 2.45) is 0 Å². The molecule has 0 bridgehead atoms. The predicted molar refractivity (Wildman–Crippen MR) is 79.3 cm³/mol. The number of aryl methyl sites for hydroxylation is 2. The van der Waals surface area contributed by atoms with Gasteiger partial charge in [-0.1, -0.05) is 12.1 Å². The number of rotatable bonds is 4. The fourth-order valence-electron chi connectivity index (χ4n) is 2.32. The molecule has 1 heterocycles. The Morgan fingerprint density at radius 2 is 1.96 bits per heavy atom. The SMILES string of the molecule is Cc1ccc2c(C)c(CCC(=O)NCC(F)(F)F)c(=O)oc2c1. The zero-order valence-corrected chi connectivity index (χ0v) is 12.7. The van der Waals surface area contributed by atoms with Gasteiger partial charge in [0.25, 0.3) is 0 Å². The maximum atomic E-state index is 12.0. The topological polar surface area (TPSA) is 59.3 Å². The van der Waals surface area contributed by atoms with Crippen LogP contribution in [0.5, 0.6) is 0 Å². The predicted octanol–water partition coefficient (Wildman–Crippen LogP) is 3.02. The molecule has 0 saturated heterocycles. The Labute approximate surface area is 130 Å². The van der Waals surface area contributed by atoms with Gasteiger partial charge < -0.3 is 9.73 Å². The molecule has 1 amide bonds. The molecule has 0 atom stereocenters. The third kappa shape index (κ3) is 4.34. The Hall–Kier alpha value is -2.31. The lowest BCUT2D eigenvalue weighted by Gasteiger charge is -2.10. The van der Waals surface area contributed by atoms with Gasteiger partial charge in [-0.25, -0.2) is 4.79 Å². The van der Waals surface area contributed by atoms with Crippen LogP contribution in [0.25, 0.3) is 11.0 Å². The number of fused-ring (bicyclic) bond motifs is 1. The molecule has 1 N–H and O–H groups in total. The monoisotopic (exact) mass is 327 g/mol. The van der Waals surface area contributed by atoms with E-state index in [0.29, 0.717) is 16.7 Å². The highest BCUT2D eigenvalue weighted by Gasteiger charge is 2.27. The van der Waals surface area contributed by atoms with Gasteiger partial charge in [0.2, 0.25) is 5.91 Å². The number of nitrogens with one attached hydrogen (secondary N) is 1. The molecule has 0 spiro atoms. The summed E-state index contributed by atoms with van der Waals surface area (Å²) in [5, 5.41) is 2.53. The summed E-state index contributed by atoms with van der Waals surface area (Å²) in [7, 11) is 0. The Morgan fingerprint density at radius 1 is 1.26 bits per heavy atom. The average Bonchev–Trinajstić information content (AvgIpc) is 2.43. The lowest BCUT2D eigenvalue weighted by Crippen LogP contribution is -2.34. The molecule has 124 valence electrons. The van der Waals surface area contributed by atoms with Crippen molar-refractivity contribution in [2.45, 2.75) is 32.9 Å². The summed E-state index contributed by atoms with van der Waals surface area (Å²) in [6.07, 6.45) is -4.63. The Bertz CT molecular complexity index is 793. The van der Waals surface area contributed by atoms with Gasteiger partial charge in [0.05, 0.1) is 0 Å². The first kappa shape index (κ1) is 17.1. The van der Waals surface area contributed by atoms with Crippen LogP contribution in [0.4, 0.5) is 13.2 Å². The second kappa shape index (κ2) is 6.44. The fraction of sp³-hybridized carbons (Fsp3) is 0.375. The smallest absolute Gasteiger partial charge is 0.405 e. The van der Waals surface area contributed by atoms with Gasteiger partial charge in [-0.3, -0.25) is 4.79 Å². The summed E-state index contributed by atoms with van der Waals surface area (Å²) in [6, 6.07) is 5.43. The van der Waals surface area contributed by atoms with Gasteiger partial charge >= 0.3 is 11.8 Å². The van der Waals surface area contributed by atoms with Crippen LogP contribution in [-0.2, 0) is 11.2 Å². The first-order valence-corrected chi connectivity index (χ1v) is 7.04. The molecule has 0 aliphatic carbocycles. The highest BCUT2D eigenvalue weighted by Crippen LogP contribution is 2.21. The van der Waals surface area contributed by atoms with E-state index >= 15 is 0 Å². The molecule has 2 rings (SSSR count). The number of carbonyl (C=O) groups is 1. The number of hydrogen-bond acceptors (Lipinski definition) is 3. The van der Waals surface area contributed by atoms with Crippen molar-refractivity contribution in [1.29, 1.82) is 0 Å². The quantitative estimate of drug-likeness (QED) is 0.878. The maximum absolute atomic E-state index is 12.0. The normalized spacial score (nSPS) is 11.7. The van der Waals surface area contributed by atoms with E-state index < -0.39 is 24.3 Å². The zero-order chi connectivity index (χ0) is 17.2. The van der Waals surface area contributed by atoms with Gasteiger partial charge in [0.1, 0.15) is 12.1 Å². The van der Waals surface area contributed by atoms with E-state index in [1.54, 1.807) is 18.3 Å². The van der Waals surface area contributed by atoms with Crippen LogP contribution in [0.3, 0.4) is 0 Å². The van der Waals surface area contributed by atoms with Crippen LogP contribution in [0, 0.1) is 13.8 Å². The fourth-order valence-corrected chi connectivity index (χ4v) is 2.32. The Balaban J connectivity index is 2.16. The van der Waals surface area contributed by atoms with Gasteiger partial charge in [-0.05, 0) is 37.5 Å². The lowest BCUT2D eigenvalue weighted by molar-refractivity contribution is -0.138. The molecule has 7 heteroatoms. The highest BCUT2D eigenvalue weighted by molar-refractivity contribution is 5.82. The van der Waals surface area contributed by atoms with E-state index in [2.05, 4.69) is 0 Å². The average molecular weight is 327 g/mol. The largest absolute Gasteiger partial charge is 0.423 e. The highest BCUT2D eigenvalue weighted by atomic mass is 19.4. The Kier molecular flexibility index (Phi) is 4.77. The van der Waals surface area contributed by atoms with Crippen molar-refractivity contribution < 1.29 is 22.4 Å². The zero-order valence-electron chi connectivity index (χ0n) is 12.7. The van der Waals surface area contributed by atoms with E-state index in [9.17, 15) is 22.8 Å². The summed E-state index contributed by atoms with van der Waals surface area (Å²) in [5.74, 6) is -0.759. The van der Waals surface area contributed by atoms with Gasteiger partial charge in [-0.15, -0.1) is 0 Å². The molecule has 23 heavy (non-hydrogen) atoms. The van der Waals surface area contributed by atoms with Crippen molar-refractivity contribution in [3.8, 4) is 0 Å². The number of hydrogen-bond donors (Lipinski definition) is 1. The minimum Gasteiger partial charge on any atom is -0.423 e. The van der Waals surface area contributed by atoms with E-state index in [1.165, 1.54) is 0 Å². The molecule has 0 unspecified atom stereocenters. The first-order valence-electron chi connectivity index (χ1n) is 7.04. The second-order valence-corrected chi connectivity index (χ2v) is 5.38. The number of amides is 1. The molecule has 0 aliphatic heterocycles. The van der Waals surface area contributed by atoms with Crippen LogP contribution < -0.4 is 10.9 Å².